The van der Waals surface area contributed by atoms with Crippen molar-refractivity contribution in [1.82, 2.24) is 0 Å². The first kappa shape index (κ1) is 7.60. The molecule has 0 radical (unpaired) electrons. The number of hydrogen-bond donors (Lipinski definition) is 0. The summed E-state index contributed by atoms with van der Waals surface area (Å²) in [5.41, 5.74) is 0. The Morgan fingerprint density at radius 3 is 2.70 bits per heavy atom. The maximum absolute atomic E-state index is 8.34. The highest BCUT2D eigenvalue weighted by Crippen LogP contribution is 2.35. The summed E-state index contributed by atoms with van der Waals surface area (Å²) in [5.74, 6) is 1.75. The molecular formula is C9H15N. The number of hydrogen-bond acceptors (Lipinski definition) is 1. The van der Waals surface area contributed by atoms with E-state index in [-0.39, 0.29) is 0 Å². The lowest BCUT2D eigenvalue weighted by atomic mass is 9.75. The van der Waals surface area contributed by atoms with E-state index in [1.54, 1.807) is 0 Å². The molecule has 0 spiro atoms. The summed E-state index contributed by atoms with van der Waals surface area (Å²) in [7, 11) is 0. The Hall–Kier alpha value is -0.510. The van der Waals surface area contributed by atoms with Crippen LogP contribution in [0.3, 0.4) is 0 Å². The van der Waals surface area contributed by atoms with Gasteiger partial charge in [-0.2, -0.15) is 5.26 Å². The third-order valence-corrected chi connectivity index (χ3v) is 2.67. The summed E-state index contributed by atoms with van der Waals surface area (Å²) in [6, 6.07) is 2.20. The quantitative estimate of drug-likeness (QED) is 0.586. The van der Waals surface area contributed by atoms with Gasteiger partial charge in [0, 0.05) is 6.42 Å². The third kappa shape index (κ3) is 1.73. The molecule has 0 N–H and O–H groups in total. The fourth-order valence-corrected chi connectivity index (χ4v) is 1.54. The first-order valence-corrected chi connectivity index (χ1v) is 4.21. The zero-order valence-electron chi connectivity index (χ0n) is 6.64. The van der Waals surface area contributed by atoms with E-state index in [9.17, 15) is 0 Å². The van der Waals surface area contributed by atoms with Gasteiger partial charge < -0.3 is 0 Å². The molecular weight excluding hydrogens is 122 g/mol. The highest BCUT2D eigenvalue weighted by molar-refractivity contribution is 4.78. The van der Waals surface area contributed by atoms with Crippen LogP contribution in [0.5, 0.6) is 0 Å². The molecule has 1 atom stereocenters. The molecule has 0 heterocycles. The maximum Gasteiger partial charge on any atom is 0.0621 e. The van der Waals surface area contributed by atoms with Gasteiger partial charge in [-0.05, 0) is 18.3 Å². The van der Waals surface area contributed by atoms with Crippen molar-refractivity contribution in [3.63, 3.8) is 0 Å². The number of rotatable bonds is 3. The van der Waals surface area contributed by atoms with Gasteiger partial charge in [0.15, 0.2) is 0 Å². The van der Waals surface area contributed by atoms with Crippen molar-refractivity contribution >= 4 is 0 Å². The van der Waals surface area contributed by atoms with Crippen LogP contribution in [0.4, 0.5) is 0 Å². The molecule has 1 rings (SSSR count). The van der Waals surface area contributed by atoms with Crippen LogP contribution in [0.15, 0.2) is 0 Å². The van der Waals surface area contributed by atoms with Crippen LogP contribution in [-0.2, 0) is 0 Å². The van der Waals surface area contributed by atoms with Crippen LogP contribution in [0.1, 0.15) is 39.0 Å². The average Bonchev–Trinajstić information content (AvgIpc) is 1.79. The van der Waals surface area contributed by atoms with Gasteiger partial charge in [-0.3, -0.25) is 0 Å². The van der Waals surface area contributed by atoms with Crippen molar-refractivity contribution in [2.45, 2.75) is 39.0 Å². The van der Waals surface area contributed by atoms with E-state index in [1.165, 1.54) is 19.3 Å². The lowest BCUT2D eigenvalue weighted by Crippen LogP contribution is -2.19. The molecule has 56 valence electrons. The smallest absolute Gasteiger partial charge is 0.0621 e. The van der Waals surface area contributed by atoms with E-state index in [0.717, 1.165) is 24.7 Å². The van der Waals surface area contributed by atoms with Gasteiger partial charge in [0.1, 0.15) is 0 Å². The second-order valence-corrected chi connectivity index (χ2v) is 3.37. The van der Waals surface area contributed by atoms with E-state index < -0.39 is 0 Å². The van der Waals surface area contributed by atoms with E-state index in [2.05, 4.69) is 13.0 Å². The minimum absolute atomic E-state index is 0.748. The predicted octanol–water partition coefficient (Wildman–Crippen LogP) is 2.73. The molecule has 10 heavy (non-hydrogen) atoms. The summed E-state index contributed by atoms with van der Waals surface area (Å²) >= 11 is 0. The Labute approximate surface area is 63.0 Å². The molecule has 1 aliphatic carbocycles. The van der Waals surface area contributed by atoms with E-state index >= 15 is 0 Å². The summed E-state index contributed by atoms with van der Waals surface area (Å²) in [5, 5.41) is 8.34. The number of nitriles is 1. The SMILES string of the molecule is CC(CCC#N)C1CCC1. The molecule has 0 aromatic carbocycles. The molecule has 1 unspecified atom stereocenters. The molecule has 0 saturated heterocycles. The van der Waals surface area contributed by atoms with E-state index in [4.69, 9.17) is 5.26 Å². The van der Waals surface area contributed by atoms with Gasteiger partial charge >= 0.3 is 0 Å². The van der Waals surface area contributed by atoms with Crippen molar-refractivity contribution in [3.8, 4) is 6.07 Å². The zero-order valence-corrected chi connectivity index (χ0v) is 6.64. The van der Waals surface area contributed by atoms with Crippen molar-refractivity contribution < 1.29 is 0 Å². The highest BCUT2D eigenvalue weighted by atomic mass is 14.3. The van der Waals surface area contributed by atoms with Crippen LogP contribution in [-0.4, -0.2) is 0 Å². The Bertz CT molecular complexity index is 130. The summed E-state index contributed by atoms with van der Waals surface area (Å²) in [6.45, 7) is 2.28. The van der Waals surface area contributed by atoms with Crippen LogP contribution in [0.2, 0.25) is 0 Å². The Balaban J connectivity index is 2.09. The summed E-state index contributed by atoms with van der Waals surface area (Å²) < 4.78 is 0. The van der Waals surface area contributed by atoms with E-state index in [0.29, 0.717) is 0 Å². The number of nitrogens with zero attached hydrogens (tertiary/aromatic N) is 1. The third-order valence-electron chi connectivity index (χ3n) is 2.67. The van der Waals surface area contributed by atoms with Crippen LogP contribution >= 0.6 is 0 Å². The molecule has 0 aliphatic heterocycles. The molecule has 1 aliphatic rings. The summed E-state index contributed by atoms with van der Waals surface area (Å²) in [4.78, 5) is 0. The molecule has 1 heteroatoms. The van der Waals surface area contributed by atoms with Gasteiger partial charge in [-0.15, -0.1) is 0 Å². The minimum Gasteiger partial charge on any atom is -0.198 e. The molecule has 1 saturated carbocycles. The highest BCUT2D eigenvalue weighted by Gasteiger charge is 2.22. The Morgan fingerprint density at radius 2 is 2.30 bits per heavy atom. The molecule has 1 nitrogen and oxygen atoms in total. The van der Waals surface area contributed by atoms with Crippen LogP contribution < -0.4 is 0 Å². The second-order valence-electron chi connectivity index (χ2n) is 3.37. The predicted molar refractivity (Wildman–Crippen MR) is 41.4 cm³/mol. The molecule has 0 amide bonds. The van der Waals surface area contributed by atoms with Crippen molar-refractivity contribution in [3.05, 3.63) is 0 Å². The summed E-state index contributed by atoms with van der Waals surface area (Å²) in [6.07, 6.45) is 6.10. The zero-order chi connectivity index (χ0) is 7.40. The first-order chi connectivity index (χ1) is 4.84. The van der Waals surface area contributed by atoms with Gasteiger partial charge in [-0.1, -0.05) is 26.2 Å². The van der Waals surface area contributed by atoms with Crippen molar-refractivity contribution in [2.75, 3.05) is 0 Å². The van der Waals surface area contributed by atoms with Crippen LogP contribution in [0, 0.1) is 23.2 Å². The fraction of sp³-hybridized carbons (Fsp3) is 0.889. The van der Waals surface area contributed by atoms with Crippen LogP contribution in [0.25, 0.3) is 0 Å². The van der Waals surface area contributed by atoms with E-state index in [1.807, 2.05) is 0 Å². The van der Waals surface area contributed by atoms with Gasteiger partial charge in [-0.25, -0.2) is 0 Å². The molecule has 0 aromatic heterocycles. The lowest BCUT2D eigenvalue weighted by molar-refractivity contribution is 0.212. The fourth-order valence-electron chi connectivity index (χ4n) is 1.54. The maximum atomic E-state index is 8.34. The van der Waals surface area contributed by atoms with Gasteiger partial charge in [0.05, 0.1) is 6.07 Å². The van der Waals surface area contributed by atoms with Crippen molar-refractivity contribution in [2.24, 2.45) is 11.8 Å². The minimum atomic E-state index is 0.748. The molecule has 1 fully saturated rings. The largest absolute Gasteiger partial charge is 0.198 e. The normalized spacial score (nSPS) is 21.2. The Kier molecular flexibility index (Phi) is 2.74. The topological polar surface area (TPSA) is 23.8 Å². The first-order valence-electron chi connectivity index (χ1n) is 4.21. The van der Waals surface area contributed by atoms with Crippen molar-refractivity contribution in [1.29, 1.82) is 5.26 Å². The monoisotopic (exact) mass is 137 g/mol. The Morgan fingerprint density at radius 1 is 1.60 bits per heavy atom. The average molecular weight is 137 g/mol. The van der Waals surface area contributed by atoms with Gasteiger partial charge in [0.2, 0.25) is 0 Å². The lowest BCUT2D eigenvalue weighted by Gasteiger charge is -2.30. The standard InChI is InChI=1S/C9H15N/c1-8(4-3-7-10)9-5-2-6-9/h8-9H,2-6H2,1H3. The second kappa shape index (κ2) is 3.61. The molecule has 0 bridgehead atoms. The van der Waals surface area contributed by atoms with Gasteiger partial charge in [0.25, 0.3) is 0 Å². The molecule has 0 aromatic rings.